The third-order valence-corrected chi connectivity index (χ3v) is 5.59. The van der Waals surface area contributed by atoms with E-state index in [0.29, 0.717) is 18.8 Å². The van der Waals surface area contributed by atoms with E-state index in [1.807, 2.05) is 34.1 Å². The summed E-state index contributed by atoms with van der Waals surface area (Å²) in [4.78, 5) is 28.0. The number of benzene rings is 2. The number of nitrogens with zero attached hydrogens (tertiary/aromatic N) is 2. The van der Waals surface area contributed by atoms with E-state index in [1.165, 1.54) is 5.56 Å². The molecule has 0 aromatic heterocycles. The first-order chi connectivity index (χ1) is 14.9. The molecule has 0 fully saturated rings. The van der Waals surface area contributed by atoms with E-state index >= 15 is 0 Å². The first-order valence-electron chi connectivity index (χ1n) is 10.2. The largest absolute Gasteiger partial charge is 0.508 e. The normalized spacial score (nSPS) is 14.1. The highest BCUT2D eigenvalue weighted by Crippen LogP contribution is 2.28. The summed E-state index contributed by atoms with van der Waals surface area (Å²) in [5, 5.41) is 9.62. The molecule has 7 heteroatoms. The Bertz CT molecular complexity index is 902. The Morgan fingerprint density at radius 1 is 0.871 bits per heavy atom. The van der Waals surface area contributed by atoms with E-state index in [9.17, 15) is 14.7 Å². The average molecular weight is 538 g/mol. The van der Waals surface area contributed by atoms with Crippen LogP contribution in [0, 0.1) is 0 Å². The summed E-state index contributed by atoms with van der Waals surface area (Å²) in [6.45, 7) is 5.96. The van der Waals surface area contributed by atoms with Crippen molar-refractivity contribution in [2.24, 2.45) is 0 Å². The van der Waals surface area contributed by atoms with E-state index in [1.54, 1.807) is 31.9 Å². The summed E-state index contributed by atoms with van der Waals surface area (Å²) in [5.74, 6) is 1.39. The fourth-order valence-corrected chi connectivity index (χ4v) is 3.84. The molecule has 0 saturated heterocycles. The molecular weight excluding hydrogens is 507 g/mol. The minimum Gasteiger partial charge on any atom is -0.508 e. The van der Waals surface area contributed by atoms with Crippen LogP contribution in [0.25, 0.3) is 0 Å². The Morgan fingerprint density at radius 3 is 1.87 bits per heavy atom. The number of phenolic OH excluding ortho intramolecular Hbond substituents is 1. The van der Waals surface area contributed by atoms with Crippen molar-refractivity contribution in [1.82, 2.24) is 9.80 Å². The second-order valence-electron chi connectivity index (χ2n) is 7.39. The van der Waals surface area contributed by atoms with E-state index in [-0.39, 0.29) is 11.8 Å². The van der Waals surface area contributed by atoms with Crippen molar-refractivity contribution in [3.05, 3.63) is 58.7 Å². The Morgan fingerprint density at radius 2 is 1.35 bits per heavy atom. The van der Waals surface area contributed by atoms with Gasteiger partial charge in [0.25, 0.3) is 0 Å². The third-order valence-electron chi connectivity index (χ3n) is 5.59. The molecule has 6 nitrogen and oxygen atoms in total. The van der Waals surface area contributed by atoms with Crippen LogP contribution in [0.2, 0.25) is 0 Å². The molecule has 0 radical (unpaired) electrons. The van der Waals surface area contributed by atoms with Gasteiger partial charge in [-0.25, -0.2) is 0 Å². The van der Waals surface area contributed by atoms with Gasteiger partial charge < -0.3 is 19.6 Å². The highest BCUT2D eigenvalue weighted by atomic mass is 127. The van der Waals surface area contributed by atoms with Gasteiger partial charge in [-0.05, 0) is 41.0 Å². The second kappa shape index (κ2) is 11.9. The van der Waals surface area contributed by atoms with Gasteiger partial charge in [-0.1, -0.05) is 46.9 Å². The van der Waals surface area contributed by atoms with Crippen LogP contribution < -0.4 is 4.74 Å². The molecule has 2 aromatic rings. The molecule has 0 saturated carbocycles. The van der Waals surface area contributed by atoms with Gasteiger partial charge in [0.05, 0.1) is 7.11 Å². The first kappa shape index (κ1) is 25.0. The first-order valence-corrected chi connectivity index (χ1v) is 12.4. The lowest BCUT2D eigenvalue weighted by Crippen LogP contribution is -2.34. The molecule has 31 heavy (non-hydrogen) atoms. The summed E-state index contributed by atoms with van der Waals surface area (Å²) >= 11 is 2.15. The van der Waals surface area contributed by atoms with Crippen molar-refractivity contribution in [2.75, 3.05) is 25.1 Å². The molecule has 2 aromatic carbocycles. The van der Waals surface area contributed by atoms with Gasteiger partial charge in [0.1, 0.15) is 11.5 Å². The lowest BCUT2D eigenvalue weighted by Gasteiger charge is -2.28. The van der Waals surface area contributed by atoms with Gasteiger partial charge in [-0.15, -0.1) is 0 Å². The number of rotatable bonds is 1. The Kier molecular flexibility index (Phi) is 9.61. The van der Waals surface area contributed by atoms with Crippen molar-refractivity contribution in [3.8, 4) is 11.5 Å². The number of phenols is 1. The summed E-state index contributed by atoms with van der Waals surface area (Å²) in [5.41, 5.74) is 4.50. The minimum absolute atomic E-state index is 0.0684. The highest BCUT2D eigenvalue weighted by molar-refractivity contribution is 14.1. The number of aromatic hydroxyl groups is 1. The zero-order valence-electron chi connectivity index (χ0n) is 18.7. The Hall–Kier alpha value is -2.29. The number of amides is 2. The van der Waals surface area contributed by atoms with E-state index in [4.69, 9.17) is 4.74 Å². The molecule has 4 rings (SSSR count). The maximum absolute atomic E-state index is 11.3. The van der Waals surface area contributed by atoms with Crippen LogP contribution in [-0.2, 0) is 35.5 Å². The number of ether oxygens (including phenoxy) is 1. The summed E-state index contributed by atoms with van der Waals surface area (Å²) in [7, 11) is 1.67. The number of fused-ring (bicyclic) bond motifs is 2. The molecule has 0 bridgehead atoms. The molecular formula is C24H31IN2O4. The summed E-state index contributed by atoms with van der Waals surface area (Å²) < 4.78 is 5.30. The fraction of sp³-hybridized carbons (Fsp3) is 0.417. The number of carbonyl (C=O) groups is 2. The molecule has 0 unspecified atom stereocenters. The molecule has 0 atom stereocenters. The Labute approximate surface area is 198 Å². The van der Waals surface area contributed by atoms with Gasteiger partial charge in [-0.3, -0.25) is 9.59 Å². The number of hydrogen-bond donors (Lipinski definition) is 1. The summed E-state index contributed by atoms with van der Waals surface area (Å²) in [6.07, 6.45) is 1.76. The van der Waals surface area contributed by atoms with Gasteiger partial charge in [0, 0.05) is 51.2 Å². The number of halogens is 1. The van der Waals surface area contributed by atoms with E-state index < -0.39 is 0 Å². The number of carbonyl (C=O) groups excluding carboxylic acids is 2. The Balaban J connectivity index is 0.000000204. The molecule has 2 heterocycles. The number of alkyl halides is 1. The lowest BCUT2D eigenvalue weighted by molar-refractivity contribution is -0.130. The minimum atomic E-state index is 0.0684. The van der Waals surface area contributed by atoms with Crippen LogP contribution >= 0.6 is 22.6 Å². The van der Waals surface area contributed by atoms with Crippen LogP contribution in [0.3, 0.4) is 0 Å². The van der Waals surface area contributed by atoms with E-state index in [2.05, 4.69) is 28.7 Å². The quantitative estimate of drug-likeness (QED) is 0.441. The lowest BCUT2D eigenvalue weighted by atomic mass is 9.99. The molecule has 0 spiro atoms. The van der Waals surface area contributed by atoms with Crippen molar-refractivity contribution in [2.45, 2.75) is 39.8 Å². The maximum atomic E-state index is 11.3. The average Bonchev–Trinajstić information content (AvgIpc) is 2.80. The van der Waals surface area contributed by atoms with Crippen LogP contribution in [0.5, 0.6) is 11.5 Å². The highest BCUT2D eigenvalue weighted by Gasteiger charge is 2.21. The SMILES string of the molecule is CC(=O)N1CCc2cccc(O)c2C1.CI.COc1cccc2c1CN(C(C)=O)CC2. The second-order valence-corrected chi connectivity index (χ2v) is 7.39. The third kappa shape index (κ3) is 6.35. The van der Waals surface area contributed by atoms with Gasteiger partial charge in [-0.2, -0.15) is 0 Å². The van der Waals surface area contributed by atoms with Crippen LogP contribution in [0.15, 0.2) is 36.4 Å². The molecule has 2 aliphatic rings. The zero-order valence-corrected chi connectivity index (χ0v) is 20.8. The number of methoxy groups -OCH3 is 1. The van der Waals surface area contributed by atoms with E-state index in [0.717, 1.165) is 48.4 Å². The molecule has 168 valence electrons. The predicted molar refractivity (Wildman–Crippen MR) is 131 cm³/mol. The van der Waals surface area contributed by atoms with Gasteiger partial charge in [0.2, 0.25) is 11.8 Å². The number of hydrogen-bond acceptors (Lipinski definition) is 4. The zero-order chi connectivity index (χ0) is 23.0. The summed E-state index contributed by atoms with van der Waals surface area (Å²) in [6, 6.07) is 11.6. The van der Waals surface area contributed by atoms with Crippen molar-refractivity contribution < 1.29 is 19.4 Å². The van der Waals surface area contributed by atoms with Crippen molar-refractivity contribution in [1.29, 1.82) is 0 Å². The van der Waals surface area contributed by atoms with Crippen LogP contribution in [-0.4, -0.2) is 51.9 Å². The maximum Gasteiger partial charge on any atom is 0.219 e. The van der Waals surface area contributed by atoms with Crippen LogP contribution in [0.1, 0.15) is 36.1 Å². The van der Waals surface area contributed by atoms with Crippen molar-refractivity contribution in [3.63, 3.8) is 0 Å². The predicted octanol–water partition coefficient (Wildman–Crippen LogP) is 3.95. The molecule has 2 aliphatic heterocycles. The smallest absolute Gasteiger partial charge is 0.219 e. The molecule has 1 N–H and O–H groups in total. The van der Waals surface area contributed by atoms with Crippen LogP contribution in [0.4, 0.5) is 0 Å². The standard InChI is InChI=1S/C12H15NO2.C11H13NO2.CH3I/c1-9(14)13-7-6-10-4-3-5-12(15-2)11(10)8-13;1-8(13)12-6-5-9-3-2-4-11(14)10(9)7-12;1-2/h3-5H,6-8H2,1-2H3;2-4,14H,5-7H2,1H3;1H3. The van der Waals surface area contributed by atoms with Gasteiger partial charge >= 0.3 is 0 Å². The molecule has 0 aliphatic carbocycles. The topological polar surface area (TPSA) is 70.1 Å². The van der Waals surface area contributed by atoms with Gasteiger partial charge in [0.15, 0.2) is 0 Å². The van der Waals surface area contributed by atoms with Crippen molar-refractivity contribution >= 4 is 34.4 Å². The monoisotopic (exact) mass is 538 g/mol. The molecule has 2 amide bonds. The fourth-order valence-electron chi connectivity index (χ4n) is 3.84.